The summed E-state index contributed by atoms with van der Waals surface area (Å²) in [7, 11) is -2.95. The maximum atomic E-state index is 11.3. The van der Waals surface area contributed by atoms with Gasteiger partial charge in [0.05, 0.1) is 0 Å². The average Bonchev–Trinajstić information content (AvgIpc) is 1.64. The highest BCUT2D eigenvalue weighted by atomic mass is 32.2. The van der Waals surface area contributed by atoms with Crippen molar-refractivity contribution in [2.24, 2.45) is 0 Å². The molecule has 0 aliphatic carbocycles. The van der Waals surface area contributed by atoms with E-state index in [2.05, 4.69) is 0 Å². The van der Waals surface area contributed by atoms with E-state index in [1.165, 1.54) is 0 Å². The van der Waals surface area contributed by atoms with E-state index in [9.17, 15) is 17.2 Å². The predicted molar refractivity (Wildman–Crippen MR) is 25.8 cm³/mol. The number of hydrogen-bond donors (Lipinski definition) is 1. The summed E-state index contributed by atoms with van der Waals surface area (Å²) in [4.78, 5) is 0. The third kappa shape index (κ3) is 2.20. The highest BCUT2D eigenvalue weighted by Crippen LogP contribution is 2.01. The molecule has 50 valence electrons. The summed E-state index contributed by atoms with van der Waals surface area (Å²) >= 11 is 0. The first-order valence-electron chi connectivity index (χ1n) is 1.97. The second-order valence-corrected chi connectivity index (χ2v) is 2.75. The normalized spacial score (nSPS) is 15.1. The van der Waals surface area contributed by atoms with Gasteiger partial charge in [-0.3, -0.25) is 0 Å². The first kappa shape index (κ1) is 7.81. The van der Waals surface area contributed by atoms with Gasteiger partial charge >= 0.3 is 0 Å². The first-order valence-corrected chi connectivity index (χ1v) is 3.22. The van der Waals surface area contributed by atoms with Gasteiger partial charge in [0.15, 0.2) is 0 Å². The van der Waals surface area contributed by atoms with Crippen LogP contribution in [0.3, 0.4) is 0 Å². The van der Waals surface area contributed by atoms with Crippen LogP contribution in [-0.4, -0.2) is 20.1 Å². The van der Waals surface area contributed by atoms with Gasteiger partial charge in [-0.2, -0.15) is 0 Å². The fourth-order valence-electron chi connectivity index (χ4n) is 0.0920. The summed E-state index contributed by atoms with van der Waals surface area (Å²) in [5, 5.41) is -1.51. The maximum absolute atomic E-state index is 11.3. The maximum Gasteiger partial charge on any atom is 0.254 e. The summed E-state index contributed by atoms with van der Waals surface area (Å²) in [5.41, 5.74) is 0. The number of rotatable bonds is 2. The van der Waals surface area contributed by atoms with Crippen molar-refractivity contribution in [2.75, 3.05) is 0 Å². The second kappa shape index (κ2) is 2.96. The van der Waals surface area contributed by atoms with E-state index in [-0.39, 0.29) is 0 Å². The molecule has 0 amide bonds. The van der Waals surface area contributed by atoms with E-state index in [1.807, 2.05) is 0 Å². The molecule has 0 fully saturated rings. The lowest BCUT2D eigenvalue weighted by Crippen LogP contribution is -2.14. The van der Waals surface area contributed by atoms with Crippen molar-refractivity contribution in [3.05, 3.63) is 0 Å². The summed E-state index contributed by atoms with van der Waals surface area (Å²) < 4.78 is 42.0. The van der Waals surface area contributed by atoms with Crippen LogP contribution in [-0.2, 0) is 10.7 Å². The van der Waals surface area contributed by atoms with Crippen molar-refractivity contribution in [1.29, 1.82) is 0 Å². The zero-order valence-corrected chi connectivity index (χ0v) is 5.07. The number of hydrogen-bond acceptors (Lipinski definition) is 2. The molecule has 0 heterocycles. The van der Waals surface area contributed by atoms with Gasteiger partial charge in [0.25, 0.3) is 6.43 Å². The van der Waals surface area contributed by atoms with Crippen LogP contribution in [0, 0.1) is 0 Å². The molecule has 0 aliphatic heterocycles. The lowest BCUT2D eigenvalue weighted by molar-refractivity contribution is 0.148. The van der Waals surface area contributed by atoms with Crippen LogP contribution in [0.15, 0.2) is 0 Å². The highest BCUT2D eigenvalue weighted by Gasteiger charge is 2.16. The zero-order chi connectivity index (χ0) is 6.73. The minimum atomic E-state index is -2.95. The number of halogens is 2. The summed E-state index contributed by atoms with van der Waals surface area (Å²) in [6.45, 7) is 0.969. The highest BCUT2D eigenvalue weighted by molar-refractivity contribution is 7.73. The van der Waals surface area contributed by atoms with E-state index in [0.717, 1.165) is 6.92 Å². The first-order chi connectivity index (χ1) is 3.55. The monoisotopic (exact) mass is 144 g/mol. The second-order valence-electron chi connectivity index (χ2n) is 1.36. The van der Waals surface area contributed by atoms with E-state index in [4.69, 9.17) is 0 Å². The molecule has 8 heavy (non-hydrogen) atoms. The molecule has 0 rings (SSSR count). The van der Waals surface area contributed by atoms with Crippen LogP contribution in [0.5, 0.6) is 0 Å². The molecular weight excluding hydrogens is 138 g/mol. The third-order valence-electron chi connectivity index (χ3n) is 0.697. The third-order valence-corrected chi connectivity index (χ3v) is 1.59. The summed E-state index contributed by atoms with van der Waals surface area (Å²) in [5.74, 6) is 0. The Morgan fingerprint density at radius 2 is 1.75 bits per heavy atom. The van der Waals surface area contributed by atoms with Crippen molar-refractivity contribution >= 4 is 10.7 Å². The van der Waals surface area contributed by atoms with Gasteiger partial charge < -0.3 is 0 Å². The molecule has 0 radical (unpaired) electrons. The van der Waals surface area contributed by atoms with Crippen LogP contribution in [0.2, 0.25) is 0 Å². The van der Waals surface area contributed by atoms with Gasteiger partial charge in [-0.1, -0.05) is 0 Å². The minimum absolute atomic E-state index is 0.969. The van der Waals surface area contributed by atoms with Crippen molar-refractivity contribution in [3.8, 4) is 0 Å². The molecule has 5 heteroatoms. The zero-order valence-electron chi connectivity index (χ0n) is 4.17. The quantitative estimate of drug-likeness (QED) is 0.564. The largest absolute Gasteiger partial charge is 0.254 e. The van der Waals surface area contributed by atoms with Gasteiger partial charge in [-0.15, -0.1) is 0 Å². The standard InChI is InChI=1S/C3H6F2O2S/c1-2(3(4)5)8(6)7/h2-3,8H,1H3. The van der Waals surface area contributed by atoms with Crippen LogP contribution in [0.4, 0.5) is 8.78 Å². The summed E-state index contributed by atoms with van der Waals surface area (Å²) in [6, 6.07) is 0. The number of alkyl halides is 2. The molecule has 0 N–H and O–H groups in total. The Bertz CT molecular complexity index is 123. The molecular formula is C3H6F2O2S. The van der Waals surface area contributed by atoms with Gasteiger partial charge in [0.2, 0.25) is 0 Å². The molecule has 0 aliphatic rings. The van der Waals surface area contributed by atoms with E-state index in [1.54, 1.807) is 0 Å². The smallest absolute Gasteiger partial charge is 0.231 e. The van der Waals surface area contributed by atoms with Crippen molar-refractivity contribution in [2.45, 2.75) is 18.6 Å². The Balaban J connectivity index is 3.83. The lowest BCUT2D eigenvalue weighted by atomic mass is 10.5. The molecule has 0 aromatic carbocycles. The van der Waals surface area contributed by atoms with Crippen LogP contribution < -0.4 is 0 Å². The molecule has 0 aromatic heterocycles. The molecule has 2 nitrogen and oxygen atoms in total. The fourth-order valence-corrected chi connectivity index (χ4v) is 0.276. The molecule has 0 saturated carbocycles. The number of thiol groups is 1. The van der Waals surface area contributed by atoms with Crippen molar-refractivity contribution < 1.29 is 17.2 Å². The van der Waals surface area contributed by atoms with E-state index >= 15 is 0 Å². The Morgan fingerprint density at radius 1 is 1.38 bits per heavy atom. The predicted octanol–water partition coefficient (Wildman–Crippen LogP) is 0.251. The van der Waals surface area contributed by atoms with Crippen LogP contribution >= 0.6 is 0 Å². The minimum Gasteiger partial charge on any atom is -0.231 e. The Labute approximate surface area is 47.5 Å². The lowest BCUT2D eigenvalue weighted by Gasteiger charge is -1.97. The molecule has 0 saturated heterocycles. The topological polar surface area (TPSA) is 34.1 Å². The Morgan fingerprint density at radius 3 is 1.75 bits per heavy atom. The molecule has 0 spiro atoms. The van der Waals surface area contributed by atoms with Gasteiger partial charge in [0.1, 0.15) is 16.0 Å². The van der Waals surface area contributed by atoms with Crippen LogP contribution in [0.25, 0.3) is 0 Å². The van der Waals surface area contributed by atoms with Crippen LogP contribution in [0.1, 0.15) is 6.92 Å². The van der Waals surface area contributed by atoms with Gasteiger partial charge in [-0.25, -0.2) is 17.2 Å². The SMILES string of the molecule is CC(C(F)F)[SH](=O)=O. The fraction of sp³-hybridized carbons (Fsp3) is 1.00. The van der Waals surface area contributed by atoms with Gasteiger partial charge in [-0.05, 0) is 6.92 Å². The molecule has 0 aromatic rings. The Hall–Kier alpha value is -0.190. The molecule has 1 unspecified atom stereocenters. The van der Waals surface area contributed by atoms with Crippen molar-refractivity contribution in [3.63, 3.8) is 0 Å². The molecule has 0 bridgehead atoms. The van der Waals surface area contributed by atoms with E-state index < -0.39 is 22.4 Å². The van der Waals surface area contributed by atoms with E-state index in [0.29, 0.717) is 0 Å². The average molecular weight is 144 g/mol. The van der Waals surface area contributed by atoms with Gasteiger partial charge in [0, 0.05) is 0 Å². The summed E-state index contributed by atoms with van der Waals surface area (Å²) in [6.07, 6.45) is -2.75. The molecule has 1 atom stereocenters. The van der Waals surface area contributed by atoms with Crippen molar-refractivity contribution in [1.82, 2.24) is 0 Å². The Kier molecular flexibility index (Phi) is 2.89.